The third kappa shape index (κ3) is 3.22. The summed E-state index contributed by atoms with van der Waals surface area (Å²) in [6.07, 6.45) is 0.570. The van der Waals surface area contributed by atoms with E-state index in [0.29, 0.717) is 11.4 Å². The van der Waals surface area contributed by atoms with E-state index in [4.69, 9.17) is 11.6 Å². The lowest BCUT2D eigenvalue weighted by atomic mass is 10.0. The molecule has 0 bridgehead atoms. The van der Waals surface area contributed by atoms with Gasteiger partial charge in [-0.25, -0.2) is 4.68 Å². The van der Waals surface area contributed by atoms with E-state index in [9.17, 15) is 4.79 Å². The van der Waals surface area contributed by atoms with Crippen molar-refractivity contribution in [3.63, 3.8) is 0 Å². The summed E-state index contributed by atoms with van der Waals surface area (Å²) in [6.45, 7) is 0. The van der Waals surface area contributed by atoms with Crippen molar-refractivity contribution in [1.82, 2.24) is 9.78 Å². The quantitative estimate of drug-likeness (QED) is 0.541. The molecule has 26 heavy (non-hydrogen) atoms. The minimum atomic E-state index is -0.0463. The number of halogens is 1. The molecule has 0 spiro atoms. The molecule has 3 aromatic carbocycles. The Kier molecular flexibility index (Phi) is 4.46. The fraction of sp³-hybridized carbons (Fsp3) is 0.0455. The summed E-state index contributed by atoms with van der Waals surface area (Å²) in [5.41, 5.74) is 4.39. The van der Waals surface area contributed by atoms with Crippen LogP contribution in [0.4, 0.5) is 0 Å². The zero-order valence-electron chi connectivity index (χ0n) is 14.0. The van der Waals surface area contributed by atoms with Crippen molar-refractivity contribution in [3.8, 4) is 16.9 Å². The molecular weight excluding hydrogens is 344 g/mol. The summed E-state index contributed by atoms with van der Waals surface area (Å²) in [5, 5.41) is 3.92. The van der Waals surface area contributed by atoms with Crippen molar-refractivity contribution in [2.24, 2.45) is 0 Å². The lowest BCUT2D eigenvalue weighted by molar-refractivity contribution is 0.849. The zero-order valence-corrected chi connectivity index (χ0v) is 14.8. The Morgan fingerprint density at radius 2 is 1.42 bits per heavy atom. The van der Waals surface area contributed by atoms with E-state index in [2.05, 4.69) is 5.10 Å². The first-order chi connectivity index (χ1) is 12.7. The van der Waals surface area contributed by atoms with Gasteiger partial charge in [-0.2, -0.15) is 0 Å². The second-order valence-corrected chi connectivity index (χ2v) is 6.55. The average Bonchev–Trinajstić information content (AvgIpc) is 3.01. The summed E-state index contributed by atoms with van der Waals surface area (Å²) in [7, 11) is 0. The van der Waals surface area contributed by atoms with Gasteiger partial charge in [-0.05, 0) is 35.4 Å². The molecule has 4 rings (SSSR count). The molecule has 1 N–H and O–H groups in total. The molecular formula is C22H17ClN2O. The number of aromatic nitrogens is 2. The van der Waals surface area contributed by atoms with Crippen LogP contribution in [0.1, 0.15) is 11.1 Å². The number of benzene rings is 3. The van der Waals surface area contributed by atoms with Gasteiger partial charge in [0.1, 0.15) is 0 Å². The summed E-state index contributed by atoms with van der Waals surface area (Å²) in [5.74, 6) is 0. The van der Waals surface area contributed by atoms with Crippen LogP contribution in [-0.4, -0.2) is 9.78 Å². The van der Waals surface area contributed by atoms with E-state index < -0.39 is 0 Å². The smallest absolute Gasteiger partial charge is 0.275 e. The van der Waals surface area contributed by atoms with E-state index in [1.54, 1.807) is 16.8 Å². The van der Waals surface area contributed by atoms with Gasteiger partial charge in [-0.1, -0.05) is 72.3 Å². The molecule has 128 valence electrons. The molecule has 0 atom stereocenters. The van der Waals surface area contributed by atoms with Crippen LogP contribution in [0.25, 0.3) is 16.9 Å². The Labute approximate surface area is 156 Å². The Morgan fingerprint density at radius 1 is 0.808 bits per heavy atom. The minimum absolute atomic E-state index is 0.0463. The first-order valence-electron chi connectivity index (χ1n) is 8.41. The molecule has 0 aliphatic carbocycles. The fourth-order valence-corrected chi connectivity index (χ4v) is 3.18. The van der Waals surface area contributed by atoms with E-state index in [1.165, 1.54) is 0 Å². The highest BCUT2D eigenvalue weighted by Crippen LogP contribution is 2.23. The maximum absolute atomic E-state index is 13.2. The summed E-state index contributed by atoms with van der Waals surface area (Å²) in [4.78, 5) is 13.2. The average molecular weight is 361 g/mol. The van der Waals surface area contributed by atoms with Gasteiger partial charge in [-0.3, -0.25) is 9.89 Å². The van der Waals surface area contributed by atoms with Gasteiger partial charge < -0.3 is 0 Å². The lowest BCUT2D eigenvalue weighted by Crippen LogP contribution is -2.17. The zero-order chi connectivity index (χ0) is 17.9. The number of rotatable bonds is 4. The van der Waals surface area contributed by atoms with Gasteiger partial charge in [0.2, 0.25) is 0 Å². The van der Waals surface area contributed by atoms with E-state index in [0.717, 1.165) is 28.1 Å². The van der Waals surface area contributed by atoms with Crippen molar-refractivity contribution >= 4 is 11.6 Å². The number of nitrogens with one attached hydrogen (secondary N) is 1. The first kappa shape index (κ1) is 16.4. The number of hydrogen-bond donors (Lipinski definition) is 1. The molecule has 3 nitrogen and oxygen atoms in total. The Morgan fingerprint density at radius 3 is 2.08 bits per heavy atom. The van der Waals surface area contributed by atoms with Crippen molar-refractivity contribution in [1.29, 1.82) is 0 Å². The van der Waals surface area contributed by atoms with Gasteiger partial charge in [0.15, 0.2) is 0 Å². The Hall–Kier alpha value is -3.04. The molecule has 4 heteroatoms. The van der Waals surface area contributed by atoms with Gasteiger partial charge in [0.25, 0.3) is 5.56 Å². The van der Waals surface area contributed by atoms with E-state index in [1.807, 2.05) is 72.8 Å². The first-order valence-corrected chi connectivity index (χ1v) is 8.79. The second kappa shape index (κ2) is 7.06. The topological polar surface area (TPSA) is 37.8 Å². The van der Waals surface area contributed by atoms with Gasteiger partial charge in [0.05, 0.1) is 11.4 Å². The summed E-state index contributed by atoms with van der Waals surface area (Å²) in [6, 6.07) is 27.2. The molecule has 0 aliphatic heterocycles. The van der Waals surface area contributed by atoms with Crippen LogP contribution >= 0.6 is 11.6 Å². The summed E-state index contributed by atoms with van der Waals surface area (Å²) < 4.78 is 1.58. The fourth-order valence-electron chi connectivity index (χ4n) is 3.05. The van der Waals surface area contributed by atoms with Crippen LogP contribution in [0.3, 0.4) is 0 Å². The third-order valence-corrected chi connectivity index (χ3v) is 4.61. The summed E-state index contributed by atoms with van der Waals surface area (Å²) >= 11 is 5.98. The number of H-pyrrole nitrogens is 1. The van der Waals surface area contributed by atoms with E-state index >= 15 is 0 Å². The molecule has 1 heterocycles. The van der Waals surface area contributed by atoms with Crippen LogP contribution in [0.5, 0.6) is 0 Å². The second-order valence-electron chi connectivity index (χ2n) is 6.11. The SMILES string of the molecule is O=c1c(Cc2ccccc2)c(-c2ccccc2)[nH]n1-c1ccc(Cl)cc1. The molecule has 0 unspecified atom stereocenters. The normalized spacial score (nSPS) is 10.8. The van der Waals surface area contributed by atoms with Crippen LogP contribution in [-0.2, 0) is 6.42 Å². The highest BCUT2D eigenvalue weighted by atomic mass is 35.5. The molecule has 0 fully saturated rings. The number of nitrogens with zero attached hydrogens (tertiary/aromatic N) is 1. The van der Waals surface area contributed by atoms with E-state index in [-0.39, 0.29) is 5.56 Å². The monoisotopic (exact) mass is 360 g/mol. The largest absolute Gasteiger partial charge is 0.290 e. The minimum Gasteiger partial charge on any atom is -0.290 e. The predicted molar refractivity (Wildman–Crippen MR) is 106 cm³/mol. The third-order valence-electron chi connectivity index (χ3n) is 4.36. The maximum atomic E-state index is 13.2. The molecule has 0 saturated carbocycles. The molecule has 0 saturated heterocycles. The van der Waals surface area contributed by atoms with Crippen molar-refractivity contribution in [2.75, 3.05) is 0 Å². The highest BCUT2D eigenvalue weighted by Gasteiger charge is 2.17. The molecule has 0 radical (unpaired) electrons. The van der Waals surface area contributed by atoms with Crippen molar-refractivity contribution in [2.45, 2.75) is 6.42 Å². The van der Waals surface area contributed by atoms with Gasteiger partial charge >= 0.3 is 0 Å². The number of hydrogen-bond acceptors (Lipinski definition) is 1. The van der Waals surface area contributed by atoms with Crippen LogP contribution < -0.4 is 5.56 Å². The van der Waals surface area contributed by atoms with Gasteiger partial charge in [-0.15, -0.1) is 0 Å². The van der Waals surface area contributed by atoms with Crippen molar-refractivity contribution < 1.29 is 0 Å². The number of aromatic amines is 1. The maximum Gasteiger partial charge on any atom is 0.275 e. The molecule has 4 aromatic rings. The van der Waals surface area contributed by atoms with Crippen LogP contribution in [0, 0.1) is 0 Å². The molecule has 0 aliphatic rings. The highest BCUT2D eigenvalue weighted by molar-refractivity contribution is 6.30. The standard InChI is InChI=1S/C22H17ClN2O/c23-18-11-13-19(14-12-18)25-22(26)20(15-16-7-3-1-4-8-16)21(24-25)17-9-5-2-6-10-17/h1-14,24H,15H2. The predicted octanol–water partition coefficient (Wildman–Crippen LogP) is 5.08. The molecule has 1 aromatic heterocycles. The van der Waals surface area contributed by atoms with Crippen LogP contribution in [0.15, 0.2) is 89.7 Å². The van der Waals surface area contributed by atoms with Gasteiger partial charge in [0, 0.05) is 17.0 Å². The Bertz CT molecular complexity index is 1060. The lowest BCUT2D eigenvalue weighted by Gasteiger charge is -2.03. The van der Waals surface area contributed by atoms with Crippen LogP contribution in [0.2, 0.25) is 5.02 Å². The van der Waals surface area contributed by atoms with Crippen molar-refractivity contribution in [3.05, 3.63) is 111 Å². The molecule has 0 amide bonds. The Balaban J connectivity index is 1.87.